The predicted octanol–water partition coefficient (Wildman–Crippen LogP) is 0.907. The topological polar surface area (TPSA) is 72.9 Å². The van der Waals surface area contributed by atoms with Crippen molar-refractivity contribution < 1.29 is 4.79 Å². The molecule has 2 rings (SSSR count). The maximum atomic E-state index is 12.3. The predicted molar refractivity (Wildman–Crippen MR) is 69.8 cm³/mol. The fraction of sp³-hybridized carbons (Fsp3) is 0.692. The summed E-state index contributed by atoms with van der Waals surface area (Å²) in [5.74, 6) is 0.113. The van der Waals surface area contributed by atoms with Crippen LogP contribution in [0.2, 0.25) is 0 Å². The summed E-state index contributed by atoms with van der Waals surface area (Å²) >= 11 is 0. The Balaban J connectivity index is 1.90. The summed E-state index contributed by atoms with van der Waals surface area (Å²) in [4.78, 5) is 12.3. The van der Waals surface area contributed by atoms with E-state index in [2.05, 4.69) is 10.4 Å². The van der Waals surface area contributed by atoms with E-state index >= 15 is 0 Å². The second-order valence-corrected chi connectivity index (χ2v) is 5.29. The third kappa shape index (κ3) is 2.72. The SMILES string of the molecule is CC(Cn1cccn1)NC(=O)C1(CN)CCCC1. The summed E-state index contributed by atoms with van der Waals surface area (Å²) in [5, 5.41) is 7.21. The molecule has 0 aliphatic heterocycles. The number of nitrogens with one attached hydrogen (secondary N) is 1. The largest absolute Gasteiger partial charge is 0.351 e. The minimum absolute atomic E-state index is 0.0708. The van der Waals surface area contributed by atoms with Crippen molar-refractivity contribution in [1.29, 1.82) is 0 Å². The van der Waals surface area contributed by atoms with Crippen molar-refractivity contribution in [2.24, 2.45) is 11.1 Å². The highest BCUT2D eigenvalue weighted by Gasteiger charge is 2.40. The molecule has 1 aromatic rings. The third-order valence-electron chi connectivity index (χ3n) is 3.83. The van der Waals surface area contributed by atoms with Crippen LogP contribution in [-0.4, -0.2) is 28.3 Å². The third-order valence-corrected chi connectivity index (χ3v) is 3.83. The van der Waals surface area contributed by atoms with Crippen molar-refractivity contribution in [3.8, 4) is 0 Å². The van der Waals surface area contributed by atoms with Gasteiger partial charge in [-0.25, -0.2) is 0 Å². The Labute approximate surface area is 108 Å². The Kier molecular flexibility index (Phi) is 4.01. The van der Waals surface area contributed by atoms with Gasteiger partial charge in [-0.15, -0.1) is 0 Å². The van der Waals surface area contributed by atoms with E-state index in [0.717, 1.165) is 25.7 Å². The Morgan fingerprint density at radius 2 is 2.28 bits per heavy atom. The molecule has 1 unspecified atom stereocenters. The van der Waals surface area contributed by atoms with E-state index in [-0.39, 0.29) is 17.4 Å². The molecule has 1 aliphatic rings. The van der Waals surface area contributed by atoms with Crippen molar-refractivity contribution >= 4 is 5.91 Å². The summed E-state index contributed by atoms with van der Waals surface area (Å²) in [5.41, 5.74) is 5.48. The number of nitrogens with zero attached hydrogens (tertiary/aromatic N) is 2. The zero-order valence-corrected chi connectivity index (χ0v) is 10.9. The lowest BCUT2D eigenvalue weighted by molar-refractivity contribution is -0.131. The van der Waals surface area contributed by atoms with Crippen LogP contribution in [0.15, 0.2) is 18.5 Å². The van der Waals surface area contributed by atoms with Gasteiger partial charge >= 0.3 is 0 Å². The molecule has 1 saturated carbocycles. The number of rotatable bonds is 5. The van der Waals surface area contributed by atoms with Gasteiger partial charge in [0.2, 0.25) is 5.91 Å². The molecule has 3 N–H and O–H groups in total. The molecular formula is C13H22N4O. The highest BCUT2D eigenvalue weighted by Crippen LogP contribution is 2.37. The number of carbonyl (C=O) groups excluding carboxylic acids is 1. The highest BCUT2D eigenvalue weighted by molar-refractivity contribution is 5.83. The van der Waals surface area contributed by atoms with Gasteiger partial charge in [-0.2, -0.15) is 5.10 Å². The Hall–Kier alpha value is -1.36. The first-order chi connectivity index (χ1) is 8.66. The average molecular weight is 250 g/mol. The van der Waals surface area contributed by atoms with E-state index in [4.69, 9.17) is 5.73 Å². The van der Waals surface area contributed by atoms with Crippen molar-refractivity contribution in [1.82, 2.24) is 15.1 Å². The standard InChI is InChI=1S/C13H22N4O/c1-11(9-17-8-4-7-15-17)16-12(18)13(10-14)5-2-3-6-13/h4,7-8,11H,2-3,5-6,9-10,14H2,1H3,(H,16,18). The zero-order valence-electron chi connectivity index (χ0n) is 10.9. The molecule has 5 nitrogen and oxygen atoms in total. The normalized spacial score (nSPS) is 19.7. The van der Waals surface area contributed by atoms with E-state index in [1.165, 1.54) is 0 Å². The van der Waals surface area contributed by atoms with Crippen LogP contribution in [0.25, 0.3) is 0 Å². The summed E-state index contributed by atoms with van der Waals surface area (Å²) in [6.45, 7) is 3.14. The fourth-order valence-corrected chi connectivity index (χ4v) is 2.69. The van der Waals surface area contributed by atoms with Gasteiger partial charge in [0.1, 0.15) is 0 Å². The molecule has 0 aromatic carbocycles. The highest BCUT2D eigenvalue weighted by atomic mass is 16.2. The summed E-state index contributed by atoms with van der Waals surface area (Å²) < 4.78 is 1.83. The maximum absolute atomic E-state index is 12.3. The van der Waals surface area contributed by atoms with Gasteiger partial charge in [-0.1, -0.05) is 12.8 Å². The van der Waals surface area contributed by atoms with Crippen molar-refractivity contribution in [3.63, 3.8) is 0 Å². The quantitative estimate of drug-likeness (QED) is 0.815. The van der Waals surface area contributed by atoms with Crippen LogP contribution in [-0.2, 0) is 11.3 Å². The van der Waals surface area contributed by atoms with Crippen molar-refractivity contribution in [3.05, 3.63) is 18.5 Å². The number of aromatic nitrogens is 2. The molecule has 5 heteroatoms. The van der Waals surface area contributed by atoms with Crippen LogP contribution < -0.4 is 11.1 Å². The van der Waals surface area contributed by atoms with Gasteiger partial charge in [0.25, 0.3) is 0 Å². The van der Waals surface area contributed by atoms with Gasteiger partial charge in [-0.05, 0) is 25.8 Å². The molecule has 0 radical (unpaired) electrons. The van der Waals surface area contributed by atoms with Crippen LogP contribution in [0.4, 0.5) is 0 Å². The molecule has 1 amide bonds. The van der Waals surface area contributed by atoms with Gasteiger partial charge < -0.3 is 11.1 Å². The van der Waals surface area contributed by atoms with Crippen LogP contribution >= 0.6 is 0 Å². The fourth-order valence-electron chi connectivity index (χ4n) is 2.69. The first-order valence-corrected chi connectivity index (χ1v) is 6.65. The van der Waals surface area contributed by atoms with Crippen LogP contribution in [0.3, 0.4) is 0 Å². The molecule has 1 fully saturated rings. The Morgan fingerprint density at radius 3 is 2.83 bits per heavy atom. The summed E-state index contributed by atoms with van der Waals surface area (Å²) in [6.07, 6.45) is 7.70. The smallest absolute Gasteiger partial charge is 0.227 e. The Morgan fingerprint density at radius 1 is 1.56 bits per heavy atom. The van der Waals surface area contributed by atoms with E-state index < -0.39 is 0 Å². The lowest BCUT2D eigenvalue weighted by atomic mass is 9.85. The molecule has 100 valence electrons. The van der Waals surface area contributed by atoms with Crippen LogP contribution in [0, 0.1) is 5.41 Å². The molecule has 18 heavy (non-hydrogen) atoms. The first kappa shape index (κ1) is 13.1. The number of nitrogens with two attached hydrogens (primary N) is 1. The van der Waals surface area contributed by atoms with Gasteiger partial charge in [0.15, 0.2) is 0 Å². The second kappa shape index (κ2) is 5.52. The van der Waals surface area contributed by atoms with Crippen molar-refractivity contribution in [2.45, 2.75) is 45.2 Å². The lowest BCUT2D eigenvalue weighted by Crippen LogP contribution is -2.48. The molecule has 0 saturated heterocycles. The number of amides is 1. The van der Waals surface area contributed by atoms with E-state index in [1.54, 1.807) is 6.20 Å². The van der Waals surface area contributed by atoms with Crippen LogP contribution in [0.5, 0.6) is 0 Å². The summed E-state index contributed by atoms with van der Waals surface area (Å²) in [6, 6.07) is 1.95. The lowest BCUT2D eigenvalue weighted by Gasteiger charge is -2.27. The molecule has 1 heterocycles. The van der Waals surface area contributed by atoms with E-state index in [1.807, 2.05) is 23.9 Å². The molecular weight excluding hydrogens is 228 g/mol. The minimum Gasteiger partial charge on any atom is -0.351 e. The van der Waals surface area contributed by atoms with E-state index in [9.17, 15) is 4.79 Å². The van der Waals surface area contributed by atoms with E-state index in [0.29, 0.717) is 13.1 Å². The summed E-state index contributed by atoms with van der Waals surface area (Å²) in [7, 11) is 0. The van der Waals surface area contributed by atoms with Gasteiger partial charge in [0, 0.05) is 25.0 Å². The Bertz CT molecular complexity index is 382. The molecule has 0 spiro atoms. The minimum atomic E-state index is -0.321. The molecule has 1 aliphatic carbocycles. The van der Waals surface area contributed by atoms with Crippen LogP contribution in [0.1, 0.15) is 32.6 Å². The molecule has 1 aromatic heterocycles. The van der Waals surface area contributed by atoms with Crippen molar-refractivity contribution in [2.75, 3.05) is 6.54 Å². The zero-order chi connectivity index (χ0) is 13.0. The average Bonchev–Trinajstić information content (AvgIpc) is 2.99. The van der Waals surface area contributed by atoms with Gasteiger partial charge in [0.05, 0.1) is 12.0 Å². The molecule has 0 bridgehead atoms. The maximum Gasteiger partial charge on any atom is 0.227 e. The van der Waals surface area contributed by atoms with Gasteiger partial charge in [-0.3, -0.25) is 9.48 Å². The first-order valence-electron chi connectivity index (χ1n) is 6.65. The number of hydrogen-bond acceptors (Lipinski definition) is 3. The second-order valence-electron chi connectivity index (χ2n) is 5.29. The monoisotopic (exact) mass is 250 g/mol. The number of carbonyl (C=O) groups is 1. The number of hydrogen-bond donors (Lipinski definition) is 2. The molecule has 1 atom stereocenters.